The quantitative estimate of drug-likeness (QED) is 0.311. The van der Waals surface area contributed by atoms with Crippen molar-refractivity contribution in [1.82, 2.24) is 9.55 Å². The van der Waals surface area contributed by atoms with Gasteiger partial charge in [-0.1, -0.05) is 0 Å². The highest BCUT2D eigenvalue weighted by Gasteiger charge is 2.23. The number of esters is 1. The molecule has 1 aromatic heterocycles. The van der Waals surface area contributed by atoms with E-state index >= 15 is 0 Å². The van der Waals surface area contributed by atoms with Crippen LogP contribution in [0.3, 0.4) is 0 Å². The Balaban J connectivity index is 2.79. The maximum atomic E-state index is 11.3. The number of carbonyl (C=O) groups excluding carboxylic acids is 2. The van der Waals surface area contributed by atoms with Crippen LogP contribution in [-0.2, 0) is 27.8 Å². The van der Waals surface area contributed by atoms with E-state index in [0.29, 0.717) is 0 Å². The van der Waals surface area contributed by atoms with Gasteiger partial charge in [-0.2, -0.15) is 0 Å². The number of hydrogen-bond acceptors (Lipinski definition) is 6. The van der Waals surface area contributed by atoms with Crippen LogP contribution in [-0.4, -0.2) is 32.8 Å². The topological polar surface area (TPSA) is 104 Å². The van der Waals surface area contributed by atoms with Gasteiger partial charge in [0.2, 0.25) is 11.6 Å². The molecular weight excluding hydrogens is 230 g/mol. The molecule has 1 aromatic rings. The number of nitrogens with zero attached hydrogens (tertiary/aromatic N) is 3. The van der Waals surface area contributed by atoms with E-state index in [1.54, 1.807) is 6.92 Å². The molecule has 92 valence electrons. The van der Waals surface area contributed by atoms with Gasteiger partial charge >= 0.3 is 11.8 Å². The molecule has 8 heteroatoms. The second-order valence-electron chi connectivity index (χ2n) is 3.17. The van der Waals surface area contributed by atoms with Crippen LogP contribution in [0, 0.1) is 10.1 Å². The summed E-state index contributed by atoms with van der Waals surface area (Å²) >= 11 is 0. The highest BCUT2D eigenvalue weighted by Crippen LogP contribution is 2.12. The Hall–Kier alpha value is -2.25. The van der Waals surface area contributed by atoms with Gasteiger partial charge in [-0.3, -0.25) is 4.79 Å². The number of aromatic nitrogens is 2. The molecule has 0 unspecified atom stereocenters. The van der Waals surface area contributed by atoms with E-state index in [1.165, 1.54) is 7.05 Å². The van der Waals surface area contributed by atoms with E-state index in [9.17, 15) is 19.7 Å². The molecule has 0 aliphatic rings. The van der Waals surface area contributed by atoms with Gasteiger partial charge in [0.1, 0.15) is 6.20 Å². The van der Waals surface area contributed by atoms with Crippen LogP contribution < -0.4 is 0 Å². The van der Waals surface area contributed by atoms with Crippen molar-refractivity contribution in [2.45, 2.75) is 13.3 Å². The summed E-state index contributed by atoms with van der Waals surface area (Å²) in [7, 11) is 1.40. The summed E-state index contributed by atoms with van der Waals surface area (Å²) in [6, 6.07) is 0. The zero-order valence-corrected chi connectivity index (χ0v) is 9.37. The van der Waals surface area contributed by atoms with Crippen LogP contribution in [0.2, 0.25) is 0 Å². The van der Waals surface area contributed by atoms with Crippen molar-refractivity contribution in [2.75, 3.05) is 6.61 Å². The van der Waals surface area contributed by atoms with Crippen molar-refractivity contribution in [3.8, 4) is 0 Å². The molecule has 1 heterocycles. The summed E-state index contributed by atoms with van der Waals surface area (Å²) in [4.78, 5) is 36.0. The fourth-order valence-electron chi connectivity index (χ4n) is 1.20. The molecule has 0 atom stereocenters. The lowest BCUT2D eigenvalue weighted by Gasteiger charge is -1.99. The number of imidazole rings is 1. The van der Waals surface area contributed by atoms with Gasteiger partial charge in [-0.15, -0.1) is 0 Å². The first-order chi connectivity index (χ1) is 7.97. The molecule has 0 fully saturated rings. The van der Waals surface area contributed by atoms with Crippen molar-refractivity contribution in [1.29, 1.82) is 0 Å². The molecule has 1 rings (SSSR count). The molecule has 8 nitrogen and oxygen atoms in total. The molecule has 0 spiro atoms. The van der Waals surface area contributed by atoms with E-state index in [0.717, 1.165) is 10.8 Å². The Kier molecular flexibility index (Phi) is 3.91. The molecular formula is C9H11N3O5. The summed E-state index contributed by atoms with van der Waals surface area (Å²) in [5, 5.41) is 10.5. The SMILES string of the molecule is CCOC(=O)C(=O)Cc1ncc([N+](=O)[O-])n1C. The molecule has 0 aliphatic heterocycles. The van der Waals surface area contributed by atoms with Gasteiger partial charge in [0, 0.05) is 0 Å². The lowest BCUT2D eigenvalue weighted by Crippen LogP contribution is -2.21. The fraction of sp³-hybridized carbons (Fsp3) is 0.444. The molecule has 17 heavy (non-hydrogen) atoms. The molecule has 0 aliphatic carbocycles. The standard InChI is InChI=1S/C9H11N3O5/c1-3-17-9(14)6(13)4-7-10-5-8(11(7)2)12(15)16/h5H,3-4H2,1-2H3. The molecule has 0 saturated heterocycles. The van der Waals surface area contributed by atoms with Crippen molar-refractivity contribution in [2.24, 2.45) is 7.05 Å². The first-order valence-electron chi connectivity index (χ1n) is 4.82. The Morgan fingerprint density at radius 2 is 2.24 bits per heavy atom. The number of ether oxygens (including phenoxy) is 1. The number of Topliss-reactive ketones (excluding diaryl/α,β-unsaturated/α-hetero) is 1. The van der Waals surface area contributed by atoms with Crippen molar-refractivity contribution < 1.29 is 19.2 Å². The molecule has 0 N–H and O–H groups in total. The van der Waals surface area contributed by atoms with Crippen LogP contribution in [0.15, 0.2) is 6.20 Å². The zero-order chi connectivity index (χ0) is 13.0. The first kappa shape index (κ1) is 12.8. The van der Waals surface area contributed by atoms with Gasteiger partial charge in [-0.05, 0) is 11.8 Å². The summed E-state index contributed by atoms with van der Waals surface area (Å²) in [6.45, 7) is 1.68. The van der Waals surface area contributed by atoms with E-state index < -0.39 is 16.7 Å². The van der Waals surface area contributed by atoms with Crippen molar-refractivity contribution >= 4 is 17.6 Å². The smallest absolute Gasteiger partial charge is 0.375 e. The fourth-order valence-corrected chi connectivity index (χ4v) is 1.20. The highest BCUT2D eigenvalue weighted by atomic mass is 16.6. The average Bonchev–Trinajstić information content (AvgIpc) is 2.61. The summed E-state index contributed by atoms with van der Waals surface area (Å²) in [5.41, 5.74) is 0. The van der Waals surface area contributed by atoms with Crippen molar-refractivity contribution in [3.63, 3.8) is 0 Å². The second-order valence-corrected chi connectivity index (χ2v) is 3.17. The molecule has 0 radical (unpaired) electrons. The Morgan fingerprint density at radius 1 is 1.59 bits per heavy atom. The van der Waals surface area contributed by atoms with E-state index in [-0.39, 0.29) is 24.7 Å². The number of ketones is 1. The predicted octanol–water partition coefficient (Wildman–Crippen LogP) is 0.00300. The molecule has 0 saturated carbocycles. The van der Waals surface area contributed by atoms with Crippen LogP contribution in [0.25, 0.3) is 0 Å². The van der Waals surface area contributed by atoms with Crippen molar-refractivity contribution in [3.05, 3.63) is 22.1 Å². The van der Waals surface area contributed by atoms with E-state index in [2.05, 4.69) is 9.72 Å². The monoisotopic (exact) mass is 241 g/mol. The average molecular weight is 241 g/mol. The number of nitro groups is 1. The van der Waals surface area contributed by atoms with Crippen LogP contribution in [0.5, 0.6) is 0 Å². The minimum atomic E-state index is -0.960. The van der Waals surface area contributed by atoms with Gasteiger partial charge in [0.05, 0.1) is 20.1 Å². The van der Waals surface area contributed by atoms with E-state index in [1.807, 2.05) is 0 Å². The lowest BCUT2D eigenvalue weighted by atomic mass is 10.3. The Bertz CT molecular complexity index is 465. The Morgan fingerprint density at radius 3 is 2.71 bits per heavy atom. The van der Waals surface area contributed by atoms with Crippen LogP contribution >= 0.6 is 0 Å². The molecule has 0 bridgehead atoms. The summed E-state index contributed by atoms with van der Waals surface area (Å²) in [6.07, 6.45) is 0.719. The zero-order valence-electron chi connectivity index (χ0n) is 9.37. The van der Waals surface area contributed by atoms with E-state index in [4.69, 9.17) is 0 Å². The minimum Gasteiger partial charge on any atom is -0.460 e. The third-order valence-electron chi connectivity index (χ3n) is 2.07. The maximum Gasteiger partial charge on any atom is 0.375 e. The van der Waals surface area contributed by atoms with Gasteiger partial charge in [-0.25, -0.2) is 14.3 Å². The normalized spacial score (nSPS) is 10.0. The summed E-state index contributed by atoms with van der Waals surface area (Å²) in [5.74, 6) is -1.83. The Labute approximate surface area is 96.3 Å². The van der Waals surface area contributed by atoms with Crippen LogP contribution in [0.1, 0.15) is 12.7 Å². The first-order valence-corrected chi connectivity index (χ1v) is 4.82. The molecule has 0 aromatic carbocycles. The largest absolute Gasteiger partial charge is 0.460 e. The lowest BCUT2D eigenvalue weighted by molar-refractivity contribution is -0.391. The second kappa shape index (κ2) is 5.19. The maximum absolute atomic E-state index is 11.3. The number of carbonyl (C=O) groups is 2. The summed E-state index contributed by atoms with van der Waals surface area (Å²) < 4.78 is 5.66. The highest BCUT2D eigenvalue weighted by molar-refractivity contribution is 6.33. The number of rotatable bonds is 5. The van der Waals surface area contributed by atoms with Gasteiger partial charge in [0.25, 0.3) is 0 Å². The van der Waals surface area contributed by atoms with Crippen LogP contribution in [0.4, 0.5) is 5.82 Å². The predicted molar refractivity (Wildman–Crippen MR) is 55.2 cm³/mol. The third kappa shape index (κ3) is 2.86. The van der Waals surface area contributed by atoms with Gasteiger partial charge < -0.3 is 14.9 Å². The minimum absolute atomic E-state index is 0.102. The van der Waals surface area contributed by atoms with Gasteiger partial charge in [0.15, 0.2) is 0 Å². The third-order valence-corrected chi connectivity index (χ3v) is 2.07. The molecule has 0 amide bonds. The number of hydrogen-bond donors (Lipinski definition) is 0.